The molecule has 6 nitrogen and oxygen atoms in total. The lowest BCUT2D eigenvalue weighted by Crippen LogP contribution is -2.14. The van der Waals surface area contributed by atoms with Crippen LogP contribution in [0, 0.1) is 6.92 Å². The molecule has 3 rings (SSSR count). The number of thioether (sulfide) groups is 1. The first kappa shape index (κ1) is 16.7. The first-order valence-electron chi connectivity index (χ1n) is 7.04. The molecule has 8 heteroatoms. The molecule has 0 unspecified atom stereocenters. The quantitative estimate of drug-likeness (QED) is 0.648. The van der Waals surface area contributed by atoms with Gasteiger partial charge in [-0.1, -0.05) is 27.7 Å². The fourth-order valence-corrected chi connectivity index (χ4v) is 2.73. The molecule has 1 amide bonds. The molecule has 0 radical (unpaired) electrons. The number of halogens is 1. The normalized spacial score (nSPS) is 10.6. The van der Waals surface area contributed by atoms with Crippen molar-refractivity contribution in [3.05, 3.63) is 52.8 Å². The van der Waals surface area contributed by atoms with E-state index >= 15 is 0 Å². The second-order valence-electron chi connectivity index (χ2n) is 4.92. The van der Waals surface area contributed by atoms with E-state index in [-0.39, 0.29) is 11.7 Å². The second kappa shape index (κ2) is 7.59. The molecule has 3 aromatic rings. The third-order valence-corrected chi connectivity index (χ3v) is 4.79. The van der Waals surface area contributed by atoms with Crippen LogP contribution in [0.3, 0.4) is 0 Å². The summed E-state index contributed by atoms with van der Waals surface area (Å²) >= 11 is 4.62. The number of pyridine rings is 1. The number of benzene rings is 1. The third kappa shape index (κ3) is 4.21. The zero-order valence-electron chi connectivity index (χ0n) is 12.7. The Kier molecular flexibility index (Phi) is 5.27. The van der Waals surface area contributed by atoms with Crippen molar-refractivity contribution in [2.75, 3.05) is 11.1 Å². The van der Waals surface area contributed by atoms with Crippen molar-refractivity contribution in [2.45, 2.75) is 12.1 Å². The molecule has 0 saturated heterocycles. The summed E-state index contributed by atoms with van der Waals surface area (Å²) in [5.74, 6) is 0.432. The molecule has 0 spiro atoms. The van der Waals surface area contributed by atoms with Crippen LogP contribution < -0.4 is 5.32 Å². The molecule has 24 heavy (non-hydrogen) atoms. The van der Waals surface area contributed by atoms with Gasteiger partial charge in [0.2, 0.25) is 11.8 Å². The maximum Gasteiger partial charge on any atom is 0.277 e. The molecule has 1 N–H and O–H groups in total. The number of nitrogens with one attached hydrogen (secondary N) is 1. The monoisotopic (exact) mass is 404 g/mol. The summed E-state index contributed by atoms with van der Waals surface area (Å²) in [5, 5.41) is 11.1. The van der Waals surface area contributed by atoms with Crippen LogP contribution in [-0.4, -0.2) is 26.8 Å². The summed E-state index contributed by atoms with van der Waals surface area (Å²) in [4.78, 5) is 16.0. The van der Waals surface area contributed by atoms with Gasteiger partial charge >= 0.3 is 0 Å². The van der Waals surface area contributed by atoms with Gasteiger partial charge in [0.05, 0.1) is 11.3 Å². The van der Waals surface area contributed by atoms with Crippen molar-refractivity contribution in [1.82, 2.24) is 15.2 Å². The molecule has 0 bridgehead atoms. The highest BCUT2D eigenvalue weighted by atomic mass is 79.9. The lowest BCUT2D eigenvalue weighted by Gasteiger charge is -2.06. The fourth-order valence-electron chi connectivity index (χ4n) is 1.92. The minimum Gasteiger partial charge on any atom is -0.411 e. The molecule has 0 aliphatic carbocycles. The van der Waals surface area contributed by atoms with E-state index < -0.39 is 0 Å². The van der Waals surface area contributed by atoms with Gasteiger partial charge in [-0.2, -0.15) is 0 Å². The Morgan fingerprint density at radius 2 is 2.21 bits per heavy atom. The minimum atomic E-state index is -0.136. The number of carbonyl (C=O) groups excluding carboxylic acids is 1. The van der Waals surface area contributed by atoms with Gasteiger partial charge in [0.15, 0.2) is 0 Å². The molecule has 2 aromatic heterocycles. The number of aromatic nitrogens is 3. The van der Waals surface area contributed by atoms with Crippen molar-refractivity contribution < 1.29 is 9.21 Å². The summed E-state index contributed by atoms with van der Waals surface area (Å²) in [5.41, 5.74) is 2.55. The van der Waals surface area contributed by atoms with Crippen molar-refractivity contribution in [3.8, 4) is 11.5 Å². The van der Waals surface area contributed by atoms with E-state index in [9.17, 15) is 4.79 Å². The van der Waals surface area contributed by atoms with Gasteiger partial charge in [0.25, 0.3) is 5.22 Å². The van der Waals surface area contributed by atoms with E-state index in [2.05, 4.69) is 36.4 Å². The summed E-state index contributed by atoms with van der Waals surface area (Å²) in [6.45, 7) is 1.97. The largest absolute Gasteiger partial charge is 0.411 e. The average molecular weight is 405 g/mol. The second-order valence-corrected chi connectivity index (χ2v) is 6.70. The maximum atomic E-state index is 12.0. The van der Waals surface area contributed by atoms with Crippen LogP contribution in [0.2, 0.25) is 0 Å². The average Bonchev–Trinajstić information content (AvgIpc) is 3.06. The van der Waals surface area contributed by atoms with E-state index in [0.29, 0.717) is 11.1 Å². The Hall–Kier alpha value is -2.19. The van der Waals surface area contributed by atoms with Crippen LogP contribution in [0.25, 0.3) is 11.5 Å². The highest BCUT2D eigenvalue weighted by Gasteiger charge is 2.11. The van der Waals surface area contributed by atoms with Crippen LogP contribution in [0.5, 0.6) is 0 Å². The van der Waals surface area contributed by atoms with Gasteiger partial charge in [0, 0.05) is 22.6 Å². The molecule has 2 heterocycles. The van der Waals surface area contributed by atoms with Crippen molar-refractivity contribution in [3.63, 3.8) is 0 Å². The Balaban J connectivity index is 1.56. The van der Waals surface area contributed by atoms with Gasteiger partial charge in [-0.25, -0.2) is 0 Å². The van der Waals surface area contributed by atoms with E-state index in [1.165, 1.54) is 11.8 Å². The van der Waals surface area contributed by atoms with Crippen LogP contribution in [0.4, 0.5) is 5.69 Å². The van der Waals surface area contributed by atoms with Gasteiger partial charge < -0.3 is 9.73 Å². The van der Waals surface area contributed by atoms with Gasteiger partial charge in [0.1, 0.15) is 0 Å². The van der Waals surface area contributed by atoms with Gasteiger partial charge in [-0.15, -0.1) is 10.2 Å². The number of carbonyl (C=O) groups is 1. The highest BCUT2D eigenvalue weighted by molar-refractivity contribution is 9.10. The topological polar surface area (TPSA) is 80.9 Å². The Bertz CT molecular complexity index is 854. The lowest BCUT2D eigenvalue weighted by molar-refractivity contribution is -0.113. The van der Waals surface area contributed by atoms with E-state index in [0.717, 1.165) is 21.3 Å². The molecule has 0 saturated carbocycles. The first-order chi connectivity index (χ1) is 11.6. The van der Waals surface area contributed by atoms with E-state index in [4.69, 9.17) is 4.42 Å². The van der Waals surface area contributed by atoms with Crippen molar-refractivity contribution >= 4 is 39.3 Å². The molecule has 0 atom stereocenters. The predicted molar refractivity (Wildman–Crippen MR) is 95.8 cm³/mol. The van der Waals surface area contributed by atoms with Crippen LogP contribution in [0.15, 0.2) is 56.8 Å². The molecular formula is C16H13BrN4O2S. The van der Waals surface area contributed by atoms with Crippen molar-refractivity contribution in [1.29, 1.82) is 0 Å². The molecule has 122 valence electrons. The van der Waals surface area contributed by atoms with Gasteiger partial charge in [-0.05, 0) is 42.8 Å². The summed E-state index contributed by atoms with van der Waals surface area (Å²) in [7, 11) is 0. The van der Waals surface area contributed by atoms with Crippen LogP contribution >= 0.6 is 27.7 Å². The summed E-state index contributed by atoms with van der Waals surface area (Å²) in [6.07, 6.45) is 3.31. The zero-order chi connectivity index (χ0) is 16.9. The smallest absolute Gasteiger partial charge is 0.277 e. The number of amides is 1. The number of hydrogen-bond acceptors (Lipinski definition) is 6. The molecule has 0 fully saturated rings. The van der Waals surface area contributed by atoms with Crippen LogP contribution in [0.1, 0.15) is 5.56 Å². The number of rotatable bonds is 5. The Morgan fingerprint density at radius 3 is 2.96 bits per heavy atom. The van der Waals surface area contributed by atoms with Crippen molar-refractivity contribution in [2.24, 2.45) is 0 Å². The molecule has 1 aromatic carbocycles. The Labute approximate surface area is 151 Å². The van der Waals surface area contributed by atoms with Gasteiger partial charge in [-0.3, -0.25) is 9.78 Å². The Morgan fingerprint density at radius 1 is 1.33 bits per heavy atom. The third-order valence-electron chi connectivity index (χ3n) is 3.08. The first-order valence-corrected chi connectivity index (χ1v) is 8.82. The highest BCUT2D eigenvalue weighted by Crippen LogP contribution is 2.23. The molecular weight excluding hydrogens is 392 g/mol. The zero-order valence-corrected chi connectivity index (χ0v) is 15.1. The van der Waals surface area contributed by atoms with E-state index in [1.807, 2.05) is 31.2 Å². The summed E-state index contributed by atoms with van der Waals surface area (Å²) in [6, 6.07) is 9.26. The molecule has 0 aliphatic rings. The number of nitrogens with zero attached hydrogens (tertiary/aromatic N) is 3. The predicted octanol–water partition coefficient (Wildman–Crippen LogP) is 3.93. The minimum absolute atomic E-state index is 0.136. The maximum absolute atomic E-state index is 12.0. The fraction of sp³-hybridized carbons (Fsp3) is 0.125. The lowest BCUT2D eigenvalue weighted by atomic mass is 10.2. The number of anilines is 1. The number of hydrogen-bond donors (Lipinski definition) is 1. The SMILES string of the molecule is Cc1cc(NC(=O)CSc2nnc(-c3cccnc3)o2)ccc1Br. The summed E-state index contributed by atoms with van der Waals surface area (Å²) < 4.78 is 6.52. The standard InChI is InChI=1S/C16H13BrN4O2S/c1-10-7-12(4-5-13(10)17)19-14(22)9-24-16-21-20-15(23-16)11-3-2-6-18-8-11/h2-8H,9H2,1H3,(H,19,22). The van der Waals surface area contributed by atoms with Crippen LogP contribution in [-0.2, 0) is 4.79 Å². The van der Waals surface area contributed by atoms with E-state index in [1.54, 1.807) is 18.5 Å². The number of aryl methyl sites for hydroxylation is 1. The molecule has 0 aliphatic heterocycles.